The summed E-state index contributed by atoms with van der Waals surface area (Å²) in [6.45, 7) is 0. The smallest absolute Gasteiger partial charge is 0.265 e. The van der Waals surface area contributed by atoms with Crippen molar-refractivity contribution in [1.29, 1.82) is 0 Å². The number of aromatic nitrogens is 5. The summed E-state index contributed by atoms with van der Waals surface area (Å²) in [5.74, 6) is -0.454. The third kappa shape index (κ3) is 4.45. The number of nitrogens with zero attached hydrogens (tertiary/aromatic N) is 5. The van der Waals surface area contributed by atoms with Crippen molar-refractivity contribution >= 4 is 44.6 Å². The molecule has 2 aliphatic rings. The molecule has 0 saturated heterocycles. The maximum absolute atomic E-state index is 15.2. The molecule has 1 atom stereocenters. The molecular weight excluding hydrogens is 594 g/mol. The van der Waals surface area contributed by atoms with Crippen LogP contribution in [0.5, 0.6) is 5.75 Å². The molecule has 4 heterocycles. The predicted octanol–water partition coefficient (Wildman–Crippen LogP) is 6.89. The van der Waals surface area contributed by atoms with Gasteiger partial charge in [-0.05, 0) is 79.1 Å². The van der Waals surface area contributed by atoms with Gasteiger partial charge in [-0.25, -0.2) is 23.4 Å². The van der Waals surface area contributed by atoms with Crippen LogP contribution in [0.2, 0.25) is 5.15 Å². The van der Waals surface area contributed by atoms with Crippen LogP contribution in [0.1, 0.15) is 37.3 Å². The van der Waals surface area contributed by atoms with E-state index in [9.17, 15) is 9.18 Å². The van der Waals surface area contributed by atoms with Gasteiger partial charge in [0.25, 0.3) is 5.56 Å². The second kappa shape index (κ2) is 9.85. The summed E-state index contributed by atoms with van der Waals surface area (Å²) in [6.07, 6.45) is 5.01. The Morgan fingerprint density at radius 1 is 1.05 bits per heavy atom. The van der Waals surface area contributed by atoms with Crippen LogP contribution in [0.4, 0.5) is 14.6 Å². The van der Waals surface area contributed by atoms with Gasteiger partial charge in [0, 0.05) is 10.9 Å². The molecule has 0 spiro atoms. The summed E-state index contributed by atoms with van der Waals surface area (Å²) in [7, 11) is 0. The molecule has 216 valence electrons. The number of halogens is 3. The Morgan fingerprint density at radius 3 is 2.63 bits per heavy atom. The summed E-state index contributed by atoms with van der Waals surface area (Å²) >= 11 is 7.77. The third-order valence-electron chi connectivity index (χ3n) is 8.00. The highest BCUT2D eigenvalue weighted by Crippen LogP contribution is 2.48. The molecule has 0 amide bonds. The molecule has 6 aromatic rings. The molecule has 2 aromatic carbocycles. The number of hydrogen-bond acceptors (Lipinski definition) is 7. The van der Waals surface area contributed by atoms with E-state index in [-0.39, 0.29) is 34.3 Å². The van der Waals surface area contributed by atoms with E-state index in [1.807, 2.05) is 6.07 Å². The van der Waals surface area contributed by atoms with E-state index in [1.54, 1.807) is 34.3 Å². The third-order valence-corrected chi connectivity index (χ3v) is 9.29. The number of ether oxygens (including phenoxy) is 1. The molecule has 0 radical (unpaired) electrons. The molecule has 2 aliphatic carbocycles. The molecule has 2 fully saturated rings. The van der Waals surface area contributed by atoms with Gasteiger partial charge >= 0.3 is 0 Å². The highest BCUT2D eigenvalue weighted by atomic mass is 35.5. The Morgan fingerprint density at radius 2 is 1.88 bits per heavy atom. The SMILES string of the molecule is Nc1ncnc2c1c(-c1ccc(OC3CC3)c(F)c1)nn2[C@H](c1cc2scc(Cl)n2c(=O)c1-c1cccc(F)c1)C1CC1. The number of anilines is 1. The minimum Gasteiger partial charge on any atom is -0.487 e. The van der Waals surface area contributed by atoms with E-state index < -0.39 is 17.7 Å². The van der Waals surface area contributed by atoms with E-state index in [2.05, 4.69) is 9.97 Å². The van der Waals surface area contributed by atoms with Gasteiger partial charge in [-0.15, -0.1) is 11.3 Å². The lowest BCUT2D eigenvalue weighted by atomic mass is 9.93. The topological polar surface area (TPSA) is 100 Å². The van der Waals surface area contributed by atoms with Gasteiger partial charge in [0.15, 0.2) is 17.2 Å². The van der Waals surface area contributed by atoms with Gasteiger partial charge in [-0.3, -0.25) is 9.20 Å². The largest absolute Gasteiger partial charge is 0.487 e. The zero-order valence-electron chi connectivity index (χ0n) is 22.5. The van der Waals surface area contributed by atoms with E-state index in [0.29, 0.717) is 43.8 Å². The normalized spacial score (nSPS) is 15.8. The van der Waals surface area contributed by atoms with Gasteiger partial charge in [0.2, 0.25) is 0 Å². The number of thiazole rings is 1. The fourth-order valence-electron chi connectivity index (χ4n) is 5.72. The maximum atomic E-state index is 15.2. The van der Waals surface area contributed by atoms with Crippen molar-refractivity contribution in [3.05, 3.63) is 92.9 Å². The van der Waals surface area contributed by atoms with Crippen molar-refractivity contribution < 1.29 is 13.5 Å². The molecule has 8 nitrogen and oxygen atoms in total. The molecule has 0 aliphatic heterocycles. The lowest BCUT2D eigenvalue weighted by Crippen LogP contribution is -2.23. The first-order valence-corrected chi connectivity index (χ1v) is 15.2. The second-order valence-corrected chi connectivity index (χ2v) is 12.3. The summed E-state index contributed by atoms with van der Waals surface area (Å²) in [5.41, 5.74) is 8.83. The highest BCUT2D eigenvalue weighted by molar-refractivity contribution is 7.16. The number of nitrogen functional groups attached to an aromatic ring is 1. The van der Waals surface area contributed by atoms with E-state index >= 15 is 4.39 Å². The fourth-order valence-corrected chi connectivity index (χ4v) is 6.88. The maximum Gasteiger partial charge on any atom is 0.265 e. The number of pyridine rings is 1. The molecule has 2 N–H and O–H groups in total. The number of nitrogens with two attached hydrogens (primary N) is 1. The van der Waals surface area contributed by atoms with E-state index in [1.165, 1.54) is 40.3 Å². The molecule has 0 bridgehead atoms. The van der Waals surface area contributed by atoms with Crippen molar-refractivity contribution in [1.82, 2.24) is 24.1 Å². The van der Waals surface area contributed by atoms with Crippen molar-refractivity contribution in [3.8, 4) is 28.1 Å². The minimum atomic E-state index is -0.497. The molecular formula is C31H23ClF2N6O2S. The van der Waals surface area contributed by atoms with Gasteiger partial charge in [0.1, 0.15) is 33.6 Å². The van der Waals surface area contributed by atoms with Crippen LogP contribution in [0.15, 0.2) is 65.0 Å². The Kier molecular flexibility index (Phi) is 6.02. The zero-order chi connectivity index (χ0) is 29.4. The lowest BCUT2D eigenvalue weighted by Gasteiger charge is -2.22. The standard InChI is InChI=1S/C31H23ClF2N6O2S/c32-23-13-43-24-12-20(25(31(41)39(23)24)16-2-1-3-18(33)10-16)28(15-4-5-15)40-30-26(29(35)36-14-37-30)27(38-40)17-6-9-22(21(34)11-17)42-19-7-8-19/h1-3,6,9-15,19,28H,4-5,7-8H2,(H2,35,36,37)/t28-/m0/s1. The quantitative estimate of drug-likeness (QED) is 0.210. The number of benzene rings is 2. The summed E-state index contributed by atoms with van der Waals surface area (Å²) in [4.78, 5) is 23.5. The van der Waals surface area contributed by atoms with Crippen LogP contribution in [-0.4, -0.2) is 30.3 Å². The van der Waals surface area contributed by atoms with Crippen LogP contribution < -0.4 is 16.0 Å². The molecule has 0 unspecified atom stereocenters. The Bertz CT molecular complexity index is 2140. The number of fused-ring (bicyclic) bond motifs is 2. The Hall–Kier alpha value is -4.35. The van der Waals surface area contributed by atoms with Crippen LogP contribution in [0, 0.1) is 17.6 Å². The van der Waals surface area contributed by atoms with Gasteiger partial charge in [0.05, 0.1) is 23.1 Å². The van der Waals surface area contributed by atoms with Crippen LogP contribution in [-0.2, 0) is 0 Å². The van der Waals surface area contributed by atoms with E-state index in [0.717, 1.165) is 25.7 Å². The Balaban J connectivity index is 1.37. The van der Waals surface area contributed by atoms with Crippen molar-refractivity contribution in [2.24, 2.45) is 5.92 Å². The summed E-state index contributed by atoms with van der Waals surface area (Å²) < 4.78 is 38.5. The zero-order valence-corrected chi connectivity index (χ0v) is 24.1. The molecule has 2 saturated carbocycles. The molecule has 8 rings (SSSR count). The first-order valence-electron chi connectivity index (χ1n) is 13.9. The van der Waals surface area contributed by atoms with Crippen molar-refractivity contribution in [3.63, 3.8) is 0 Å². The van der Waals surface area contributed by atoms with Gasteiger partial charge < -0.3 is 10.5 Å². The van der Waals surface area contributed by atoms with Crippen LogP contribution in [0.25, 0.3) is 38.2 Å². The second-order valence-electron chi connectivity index (χ2n) is 11.0. The van der Waals surface area contributed by atoms with Gasteiger partial charge in [-0.1, -0.05) is 23.7 Å². The van der Waals surface area contributed by atoms with E-state index in [4.69, 9.17) is 27.2 Å². The van der Waals surface area contributed by atoms with Crippen molar-refractivity contribution in [2.45, 2.75) is 37.8 Å². The number of rotatable bonds is 7. The fraction of sp³-hybridized carbons (Fsp3) is 0.226. The average molecular weight is 617 g/mol. The minimum absolute atomic E-state index is 0.0515. The predicted molar refractivity (Wildman–Crippen MR) is 162 cm³/mol. The van der Waals surface area contributed by atoms with Crippen LogP contribution in [0.3, 0.4) is 0 Å². The average Bonchev–Trinajstić information content (AvgIpc) is 3.91. The number of hydrogen-bond donors (Lipinski definition) is 1. The Labute approximate surface area is 252 Å². The first kappa shape index (κ1) is 26.3. The summed E-state index contributed by atoms with van der Waals surface area (Å²) in [5, 5.41) is 7.45. The van der Waals surface area contributed by atoms with Gasteiger partial charge in [-0.2, -0.15) is 5.10 Å². The monoisotopic (exact) mass is 616 g/mol. The summed E-state index contributed by atoms with van der Waals surface area (Å²) in [6, 6.07) is 12.2. The van der Waals surface area contributed by atoms with Crippen molar-refractivity contribution in [2.75, 3.05) is 5.73 Å². The van der Waals surface area contributed by atoms with Crippen LogP contribution >= 0.6 is 22.9 Å². The molecule has 12 heteroatoms. The lowest BCUT2D eigenvalue weighted by molar-refractivity contribution is 0.287. The molecule has 43 heavy (non-hydrogen) atoms. The molecule has 4 aromatic heterocycles. The highest BCUT2D eigenvalue weighted by Gasteiger charge is 2.39. The first-order chi connectivity index (χ1) is 20.9.